The van der Waals surface area contributed by atoms with Crippen LogP contribution in [0.5, 0.6) is 0 Å². The van der Waals surface area contributed by atoms with E-state index in [0.717, 1.165) is 25.8 Å². The lowest BCUT2D eigenvalue weighted by Crippen LogP contribution is -2.44. The molecule has 4 N–H and O–H groups in total. The van der Waals surface area contributed by atoms with Gasteiger partial charge in [0.15, 0.2) is 0 Å². The first kappa shape index (κ1) is 17.2. The molecule has 0 rings (SSSR count). The van der Waals surface area contributed by atoms with Gasteiger partial charge in [0, 0.05) is 11.0 Å². The van der Waals surface area contributed by atoms with Gasteiger partial charge in [-0.3, -0.25) is 4.90 Å². The number of nitrogens with two attached hydrogens (primary N) is 1. The van der Waals surface area contributed by atoms with Crippen LogP contribution in [0.2, 0.25) is 0 Å². The number of hydrogen-bond donors (Lipinski definition) is 3. The van der Waals surface area contributed by atoms with Gasteiger partial charge in [0.1, 0.15) is 5.84 Å². The van der Waals surface area contributed by atoms with Gasteiger partial charge in [-0.15, -0.1) is 0 Å². The summed E-state index contributed by atoms with van der Waals surface area (Å²) in [4.78, 5) is 2.16. The van der Waals surface area contributed by atoms with Gasteiger partial charge in [0.05, 0.1) is 6.61 Å². The number of likely N-dealkylation sites (N-methyl/N-ethyl adjacent to an activating group) is 1. The predicted octanol–water partition coefficient (Wildman–Crippen LogP) is 1.63. The topological polar surface area (TPSA) is 82.1 Å². The highest BCUT2D eigenvalue weighted by Gasteiger charge is 2.24. The quantitative estimate of drug-likeness (QED) is 0.203. The van der Waals surface area contributed by atoms with Gasteiger partial charge in [-0.25, -0.2) is 0 Å². The molecule has 0 aromatic carbocycles. The van der Waals surface area contributed by atoms with Crippen LogP contribution in [0.15, 0.2) is 5.16 Å². The van der Waals surface area contributed by atoms with E-state index in [0.29, 0.717) is 0 Å². The van der Waals surface area contributed by atoms with Crippen molar-refractivity contribution in [2.24, 2.45) is 16.3 Å². The van der Waals surface area contributed by atoms with E-state index >= 15 is 0 Å². The molecule has 0 amide bonds. The van der Waals surface area contributed by atoms with Crippen LogP contribution >= 0.6 is 0 Å². The molecule has 18 heavy (non-hydrogen) atoms. The minimum absolute atomic E-state index is 0.152. The second-order valence-electron chi connectivity index (χ2n) is 6.22. The first-order chi connectivity index (χ1) is 8.17. The average molecular weight is 259 g/mol. The fraction of sp³-hybridized carbons (Fsp3) is 0.923. The van der Waals surface area contributed by atoms with Crippen molar-refractivity contribution in [3.8, 4) is 0 Å². The Morgan fingerprint density at radius 2 is 1.78 bits per heavy atom. The zero-order valence-corrected chi connectivity index (χ0v) is 12.4. The van der Waals surface area contributed by atoms with E-state index in [9.17, 15) is 5.11 Å². The van der Waals surface area contributed by atoms with Crippen molar-refractivity contribution in [1.29, 1.82) is 0 Å². The SMILES string of the molecule is CN(CCCCC(C)(C)C(N)=NO)C(C)(C)CO. The van der Waals surface area contributed by atoms with E-state index in [4.69, 9.17) is 10.9 Å². The number of nitrogens with zero attached hydrogens (tertiary/aromatic N) is 2. The molecular weight excluding hydrogens is 230 g/mol. The molecule has 0 atom stereocenters. The molecule has 0 aliphatic heterocycles. The Hall–Kier alpha value is -0.810. The van der Waals surface area contributed by atoms with E-state index in [-0.39, 0.29) is 23.4 Å². The van der Waals surface area contributed by atoms with E-state index in [1.54, 1.807) is 0 Å². The molecule has 0 aliphatic rings. The van der Waals surface area contributed by atoms with E-state index in [2.05, 4.69) is 10.1 Å². The zero-order chi connectivity index (χ0) is 14.4. The summed E-state index contributed by atoms with van der Waals surface area (Å²) >= 11 is 0. The predicted molar refractivity (Wildman–Crippen MR) is 74.8 cm³/mol. The van der Waals surface area contributed by atoms with Gasteiger partial charge in [0.25, 0.3) is 0 Å². The zero-order valence-electron chi connectivity index (χ0n) is 12.4. The minimum Gasteiger partial charge on any atom is -0.409 e. The normalized spacial score (nSPS) is 14.3. The summed E-state index contributed by atoms with van der Waals surface area (Å²) < 4.78 is 0. The highest BCUT2D eigenvalue weighted by Crippen LogP contribution is 2.23. The number of aliphatic hydroxyl groups is 1. The fourth-order valence-electron chi connectivity index (χ4n) is 1.60. The van der Waals surface area contributed by atoms with Gasteiger partial charge >= 0.3 is 0 Å². The second-order valence-corrected chi connectivity index (χ2v) is 6.22. The molecule has 0 unspecified atom stereocenters. The molecule has 0 bridgehead atoms. The Morgan fingerprint density at radius 3 is 2.22 bits per heavy atom. The summed E-state index contributed by atoms with van der Waals surface area (Å²) in [7, 11) is 2.02. The summed E-state index contributed by atoms with van der Waals surface area (Å²) in [5.41, 5.74) is 5.20. The molecule has 0 saturated carbocycles. The van der Waals surface area contributed by atoms with Crippen LogP contribution in [-0.4, -0.2) is 46.8 Å². The number of rotatable bonds is 8. The Morgan fingerprint density at radius 1 is 1.22 bits per heavy atom. The molecule has 0 aromatic rings. The van der Waals surface area contributed by atoms with Crippen LogP contribution < -0.4 is 5.73 Å². The van der Waals surface area contributed by atoms with Crippen LogP contribution in [0.4, 0.5) is 0 Å². The molecule has 0 fully saturated rings. The Labute approximate surface area is 111 Å². The minimum atomic E-state index is -0.264. The Bertz CT molecular complexity index is 275. The largest absolute Gasteiger partial charge is 0.409 e. The molecule has 0 aliphatic carbocycles. The number of amidine groups is 1. The van der Waals surface area contributed by atoms with Crippen molar-refractivity contribution in [1.82, 2.24) is 4.90 Å². The third-order valence-corrected chi connectivity index (χ3v) is 3.77. The van der Waals surface area contributed by atoms with Crippen LogP contribution in [0.3, 0.4) is 0 Å². The third-order valence-electron chi connectivity index (χ3n) is 3.77. The average Bonchev–Trinajstić information content (AvgIpc) is 2.32. The molecule has 108 valence electrons. The first-order valence-electron chi connectivity index (χ1n) is 6.47. The molecule has 0 aromatic heterocycles. The van der Waals surface area contributed by atoms with E-state index in [1.165, 1.54) is 0 Å². The smallest absolute Gasteiger partial charge is 0.144 e. The Balaban J connectivity index is 4.01. The number of hydrogen-bond acceptors (Lipinski definition) is 4. The standard InChI is InChI=1S/C13H29N3O2/c1-12(2,11(14)15-18)8-6-7-9-16(5)13(3,4)10-17/h17-18H,6-10H2,1-5H3,(H2,14,15). The lowest BCUT2D eigenvalue weighted by Gasteiger charge is -2.34. The molecule has 5 heteroatoms. The number of unbranched alkanes of at least 4 members (excludes halogenated alkanes) is 1. The second kappa shape index (κ2) is 6.95. The Kier molecular flexibility index (Phi) is 6.63. The number of oxime groups is 1. The monoisotopic (exact) mass is 259 g/mol. The summed E-state index contributed by atoms with van der Waals surface area (Å²) in [5, 5.41) is 21.0. The van der Waals surface area contributed by atoms with Crippen LogP contribution in [0.25, 0.3) is 0 Å². The molecule has 5 nitrogen and oxygen atoms in total. The van der Waals surface area contributed by atoms with Crippen molar-refractivity contribution in [2.45, 2.75) is 52.5 Å². The maximum absolute atomic E-state index is 9.25. The third kappa shape index (κ3) is 5.23. The van der Waals surface area contributed by atoms with Crippen molar-refractivity contribution < 1.29 is 10.3 Å². The fourth-order valence-corrected chi connectivity index (χ4v) is 1.60. The maximum atomic E-state index is 9.25. The van der Waals surface area contributed by atoms with Crippen LogP contribution in [-0.2, 0) is 0 Å². The molecule has 0 spiro atoms. The van der Waals surface area contributed by atoms with E-state index in [1.807, 2.05) is 34.7 Å². The summed E-state index contributed by atoms with van der Waals surface area (Å²) in [6, 6.07) is 0. The van der Waals surface area contributed by atoms with Crippen LogP contribution in [0.1, 0.15) is 47.0 Å². The summed E-state index contributed by atoms with van der Waals surface area (Å²) in [6.07, 6.45) is 2.92. The molecule has 0 saturated heterocycles. The summed E-state index contributed by atoms with van der Waals surface area (Å²) in [5.74, 6) is 0.284. The van der Waals surface area contributed by atoms with Gasteiger partial charge in [0.2, 0.25) is 0 Å². The van der Waals surface area contributed by atoms with Crippen molar-refractivity contribution in [3.05, 3.63) is 0 Å². The molecule has 0 radical (unpaired) electrons. The summed E-state index contributed by atoms with van der Waals surface area (Å²) in [6.45, 7) is 9.08. The van der Waals surface area contributed by atoms with Crippen molar-refractivity contribution >= 4 is 5.84 Å². The molecular formula is C13H29N3O2. The lowest BCUT2D eigenvalue weighted by molar-refractivity contribution is 0.0773. The molecule has 0 heterocycles. The van der Waals surface area contributed by atoms with Crippen molar-refractivity contribution in [2.75, 3.05) is 20.2 Å². The number of aliphatic hydroxyl groups excluding tert-OH is 1. The maximum Gasteiger partial charge on any atom is 0.144 e. The highest BCUT2D eigenvalue weighted by atomic mass is 16.4. The van der Waals surface area contributed by atoms with Gasteiger partial charge < -0.3 is 16.0 Å². The first-order valence-corrected chi connectivity index (χ1v) is 6.47. The van der Waals surface area contributed by atoms with Crippen LogP contribution in [0, 0.1) is 5.41 Å². The lowest BCUT2D eigenvalue weighted by atomic mass is 9.86. The van der Waals surface area contributed by atoms with Gasteiger partial charge in [-0.05, 0) is 40.3 Å². The highest BCUT2D eigenvalue weighted by molar-refractivity contribution is 5.85. The van der Waals surface area contributed by atoms with Crippen molar-refractivity contribution in [3.63, 3.8) is 0 Å². The van der Waals surface area contributed by atoms with Gasteiger partial charge in [-0.1, -0.05) is 25.4 Å². The van der Waals surface area contributed by atoms with E-state index < -0.39 is 0 Å². The van der Waals surface area contributed by atoms with Gasteiger partial charge in [-0.2, -0.15) is 0 Å².